The summed E-state index contributed by atoms with van der Waals surface area (Å²) in [5.74, 6) is 0.642. The number of hydrogen-bond acceptors (Lipinski definition) is 7. The van der Waals surface area contributed by atoms with Crippen LogP contribution in [0.1, 0.15) is 25.8 Å². The average Bonchev–Trinajstić information content (AvgIpc) is 3.28. The fraction of sp³-hybridized carbons (Fsp3) is 0.333. The number of benzene rings is 1. The van der Waals surface area contributed by atoms with Crippen molar-refractivity contribution >= 4 is 52.5 Å². The second-order valence-electron chi connectivity index (χ2n) is 9.48. The van der Waals surface area contributed by atoms with Crippen LogP contribution >= 0.6 is 11.6 Å². The van der Waals surface area contributed by atoms with E-state index in [4.69, 9.17) is 16.6 Å². The van der Waals surface area contributed by atoms with Crippen molar-refractivity contribution in [3.63, 3.8) is 0 Å². The molecule has 0 atom stereocenters. The van der Waals surface area contributed by atoms with Gasteiger partial charge < -0.3 is 15.5 Å². The summed E-state index contributed by atoms with van der Waals surface area (Å²) in [4.78, 5) is 30.6. The molecule has 1 aromatic carbocycles. The minimum Gasteiger partial charge on any atom is -0.369 e. The molecule has 34 heavy (non-hydrogen) atoms. The maximum atomic E-state index is 12.1. The molecule has 0 saturated carbocycles. The lowest BCUT2D eigenvalue weighted by molar-refractivity contribution is -0.124. The van der Waals surface area contributed by atoms with Gasteiger partial charge in [0.25, 0.3) is 5.91 Å². The summed E-state index contributed by atoms with van der Waals surface area (Å²) in [6, 6.07) is 9.26. The Bertz CT molecular complexity index is 1280. The molecule has 0 unspecified atom stereocenters. The monoisotopic (exact) mass is 481 g/mol. The van der Waals surface area contributed by atoms with Gasteiger partial charge in [0.05, 0.1) is 12.6 Å². The molecule has 1 aliphatic heterocycles. The third kappa shape index (κ3) is 5.55. The molecule has 4 rings (SSSR count). The third-order valence-corrected chi connectivity index (χ3v) is 5.55. The number of nitrogens with one attached hydrogen (secondary N) is 3. The Hall–Kier alpha value is -3.43. The Kier molecular flexibility index (Phi) is 6.58. The highest BCUT2D eigenvalue weighted by Crippen LogP contribution is 2.26. The molecule has 0 aliphatic carbocycles. The highest BCUT2D eigenvalue weighted by Gasteiger charge is 2.25. The van der Waals surface area contributed by atoms with Gasteiger partial charge in [-0.05, 0) is 43.8 Å². The first-order chi connectivity index (χ1) is 16.1. The van der Waals surface area contributed by atoms with Crippen LogP contribution in [0.3, 0.4) is 0 Å². The molecule has 9 nitrogen and oxygen atoms in total. The average molecular weight is 482 g/mol. The molecule has 3 heterocycles. The van der Waals surface area contributed by atoms with E-state index in [2.05, 4.69) is 53.9 Å². The molecule has 3 aromatic rings. The molecule has 10 heteroatoms. The lowest BCUT2D eigenvalue weighted by Crippen LogP contribution is -2.34. The van der Waals surface area contributed by atoms with Gasteiger partial charge in [-0.15, -0.1) is 0 Å². The van der Waals surface area contributed by atoms with E-state index in [1.165, 1.54) is 0 Å². The molecular weight excluding hydrogens is 454 g/mol. The molecule has 0 spiro atoms. The van der Waals surface area contributed by atoms with Crippen LogP contribution in [0.5, 0.6) is 0 Å². The van der Waals surface area contributed by atoms with Gasteiger partial charge in [-0.25, -0.2) is 4.98 Å². The Morgan fingerprint density at radius 2 is 2.06 bits per heavy atom. The first-order valence-electron chi connectivity index (χ1n) is 10.9. The van der Waals surface area contributed by atoms with E-state index in [1.54, 1.807) is 22.9 Å². The van der Waals surface area contributed by atoms with Crippen molar-refractivity contribution in [1.82, 2.24) is 24.8 Å². The van der Waals surface area contributed by atoms with Crippen LogP contribution < -0.4 is 16.0 Å². The Balaban J connectivity index is 1.73. The Labute approximate surface area is 203 Å². The van der Waals surface area contributed by atoms with Crippen molar-refractivity contribution in [1.29, 1.82) is 0 Å². The van der Waals surface area contributed by atoms with Crippen LogP contribution in [0.2, 0.25) is 5.02 Å². The van der Waals surface area contributed by atoms with Crippen molar-refractivity contribution in [2.75, 3.05) is 37.8 Å². The number of aromatic nitrogens is 3. The summed E-state index contributed by atoms with van der Waals surface area (Å²) < 4.78 is 1.70. The first-order valence-corrected chi connectivity index (χ1v) is 11.3. The summed E-state index contributed by atoms with van der Waals surface area (Å²) >= 11 is 6.14. The number of carbonyl (C=O) groups is 2. The largest absolute Gasteiger partial charge is 0.369 e. The predicted octanol–water partition coefficient (Wildman–Crippen LogP) is 3.56. The van der Waals surface area contributed by atoms with Gasteiger partial charge in [0.2, 0.25) is 5.91 Å². The SMILES string of the molecule is CN(C)CC(C)(C)CNc1cc(Nc2cccc(Cl)c2)nc2c(/C=C3\CC(=O)NC3=O)cnn12. The zero-order valence-corrected chi connectivity index (χ0v) is 20.4. The van der Waals surface area contributed by atoms with Crippen molar-refractivity contribution in [3.05, 3.63) is 52.7 Å². The minimum atomic E-state index is -0.388. The van der Waals surface area contributed by atoms with Gasteiger partial charge in [0.15, 0.2) is 5.65 Å². The quantitative estimate of drug-likeness (QED) is 0.334. The number of amides is 2. The fourth-order valence-electron chi connectivity index (χ4n) is 4.04. The Morgan fingerprint density at radius 3 is 2.74 bits per heavy atom. The molecule has 1 aliphatic rings. The standard InChI is InChI=1S/C24H28ClN7O2/c1-24(2,14-31(3)4)13-26-20-11-19(28-18-7-5-6-17(25)10-18)29-22-16(12-27-32(20)22)8-15-9-21(33)30-23(15)34/h5-8,10-12,26H,9,13-14H2,1-4H3,(H,28,29)(H,30,33,34)/b15-8+. The normalized spacial score (nSPS) is 15.4. The van der Waals surface area contributed by atoms with Crippen molar-refractivity contribution in [3.8, 4) is 0 Å². The van der Waals surface area contributed by atoms with E-state index in [1.807, 2.05) is 24.3 Å². The molecule has 2 aromatic heterocycles. The van der Waals surface area contributed by atoms with E-state index in [0.29, 0.717) is 34.2 Å². The second kappa shape index (κ2) is 9.44. The number of halogens is 1. The summed E-state index contributed by atoms with van der Waals surface area (Å²) in [6.45, 7) is 5.99. The molecule has 1 saturated heterocycles. The van der Waals surface area contributed by atoms with Gasteiger partial charge in [-0.3, -0.25) is 14.9 Å². The van der Waals surface area contributed by atoms with E-state index in [0.717, 1.165) is 18.1 Å². The zero-order valence-electron chi connectivity index (χ0n) is 19.6. The fourth-order valence-corrected chi connectivity index (χ4v) is 4.23. The Morgan fingerprint density at radius 1 is 1.26 bits per heavy atom. The predicted molar refractivity (Wildman–Crippen MR) is 134 cm³/mol. The van der Waals surface area contributed by atoms with E-state index >= 15 is 0 Å². The summed E-state index contributed by atoms with van der Waals surface area (Å²) in [6.07, 6.45) is 3.35. The second-order valence-corrected chi connectivity index (χ2v) is 9.91. The lowest BCUT2D eigenvalue weighted by atomic mass is 9.93. The number of rotatable bonds is 8. The smallest absolute Gasteiger partial charge is 0.254 e. The van der Waals surface area contributed by atoms with Crippen LogP contribution in [0.25, 0.3) is 11.7 Å². The molecule has 3 N–H and O–H groups in total. The molecule has 0 radical (unpaired) electrons. The number of carbonyl (C=O) groups excluding carboxylic acids is 2. The van der Waals surface area contributed by atoms with Crippen molar-refractivity contribution in [2.45, 2.75) is 20.3 Å². The highest BCUT2D eigenvalue weighted by molar-refractivity contribution is 6.30. The molecule has 2 amide bonds. The summed E-state index contributed by atoms with van der Waals surface area (Å²) in [5.41, 5.74) is 2.38. The first kappa shape index (κ1) is 23.7. The van der Waals surface area contributed by atoms with Gasteiger partial charge in [-0.2, -0.15) is 9.61 Å². The van der Waals surface area contributed by atoms with E-state index in [9.17, 15) is 9.59 Å². The highest BCUT2D eigenvalue weighted by atomic mass is 35.5. The van der Waals surface area contributed by atoms with Gasteiger partial charge >= 0.3 is 0 Å². The van der Waals surface area contributed by atoms with E-state index < -0.39 is 0 Å². The van der Waals surface area contributed by atoms with Crippen LogP contribution in [-0.4, -0.2) is 58.5 Å². The topological polar surface area (TPSA) is 104 Å². The third-order valence-electron chi connectivity index (χ3n) is 5.31. The van der Waals surface area contributed by atoms with Crippen LogP contribution in [0.15, 0.2) is 42.1 Å². The lowest BCUT2D eigenvalue weighted by Gasteiger charge is -2.29. The molecular formula is C24H28ClN7O2. The van der Waals surface area contributed by atoms with Gasteiger partial charge in [0, 0.05) is 41.0 Å². The van der Waals surface area contributed by atoms with Crippen LogP contribution in [0, 0.1) is 5.41 Å². The number of nitrogens with zero attached hydrogens (tertiary/aromatic N) is 4. The van der Waals surface area contributed by atoms with Crippen LogP contribution in [0.4, 0.5) is 17.3 Å². The molecule has 0 bridgehead atoms. The van der Waals surface area contributed by atoms with Crippen molar-refractivity contribution in [2.24, 2.45) is 5.41 Å². The summed E-state index contributed by atoms with van der Waals surface area (Å²) in [5, 5.41) is 14.2. The van der Waals surface area contributed by atoms with Gasteiger partial charge in [0.1, 0.15) is 11.6 Å². The summed E-state index contributed by atoms with van der Waals surface area (Å²) in [7, 11) is 4.10. The number of hydrogen-bond donors (Lipinski definition) is 3. The van der Waals surface area contributed by atoms with E-state index in [-0.39, 0.29) is 23.7 Å². The number of anilines is 3. The minimum absolute atomic E-state index is 0.000101. The zero-order chi connectivity index (χ0) is 24.5. The van der Waals surface area contributed by atoms with Crippen molar-refractivity contribution < 1.29 is 9.59 Å². The number of fused-ring (bicyclic) bond motifs is 1. The molecule has 178 valence electrons. The van der Waals surface area contributed by atoms with Gasteiger partial charge in [-0.1, -0.05) is 31.5 Å². The van der Waals surface area contributed by atoms with Crippen LogP contribution in [-0.2, 0) is 9.59 Å². The maximum Gasteiger partial charge on any atom is 0.254 e. The molecule has 1 fully saturated rings. The number of imide groups is 1. The maximum absolute atomic E-state index is 12.1.